The van der Waals surface area contributed by atoms with Crippen molar-refractivity contribution in [1.29, 1.82) is 0 Å². The second kappa shape index (κ2) is 4.76. The molecule has 19 heavy (non-hydrogen) atoms. The van der Waals surface area contributed by atoms with E-state index in [0.29, 0.717) is 6.67 Å². The molecule has 1 aromatic rings. The summed E-state index contributed by atoms with van der Waals surface area (Å²) in [6.07, 6.45) is 5.45. The number of rotatable bonds is 2. The number of carbonyl (C=O) groups excluding carboxylic acids is 1. The Hall–Kier alpha value is -1.71. The molecule has 0 unspecified atom stereocenters. The zero-order valence-electron chi connectivity index (χ0n) is 11.3. The molecule has 2 fully saturated rings. The average molecular weight is 260 g/mol. The van der Waals surface area contributed by atoms with E-state index in [1.807, 2.05) is 24.3 Å². The fraction of sp³-hybridized carbons (Fsp3) is 0.533. The van der Waals surface area contributed by atoms with Crippen LogP contribution in [0.25, 0.3) is 0 Å². The summed E-state index contributed by atoms with van der Waals surface area (Å²) in [6, 6.07) is 7.98. The van der Waals surface area contributed by atoms with Crippen molar-refractivity contribution < 1.29 is 9.53 Å². The summed E-state index contributed by atoms with van der Waals surface area (Å²) in [5, 5.41) is 3.01. The Kier molecular flexibility index (Phi) is 3.09. The van der Waals surface area contributed by atoms with Crippen molar-refractivity contribution in [2.45, 2.75) is 37.6 Å². The third-order valence-electron chi connectivity index (χ3n) is 4.40. The van der Waals surface area contributed by atoms with Gasteiger partial charge in [0.25, 0.3) is 0 Å². The smallest absolute Gasteiger partial charge is 0.247 e. The molecule has 1 aromatic carbocycles. The molecular weight excluding hydrogens is 240 g/mol. The van der Waals surface area contributed by atoms with Gasteiger partial charge < -0.3 is 15.0 Å². The summed E-state index contributed by atoms with van der Waals surface area (Å²) < 4.78 is 5.19. The monoisotopic (exact) mass is 260 g/mol. The van der Waals surface area contributed by atoms with Crippen LogP contribution in [0.1, 0.15) is 32.1 Å². The van der Waals surface area contributed by atoms with E-state index in [2.05, 4.69) is 10.2 Å². The maximum atomic E-state index is 12.3. The van der Waals surface area contributed by atoms with E-state index < -0.39 is 0 Å². The molecule has 2 aliphatic rings. The van der Waals surface area contributed by atoms with Gasteiger partial charge in [-0.15, -0.1) is 0 Å². The molecule has 4 heteroatoms. The second-order valence-electron chi connectivity index (χ2n) is 5.38. The van der Waals surface area contributed by atoms with Gasteiger partial charge in [-0.1, -0.05) is 19.3 Å². The van der Waals surface area contributed by atoms with E-state index in [4.69, 9.17) is 4.74 Å². The van der Waals surface area contributed by atoms with Crippen molar-refractivity contribution in [2.75, 3.05) is 18.7 Å². The molecular formula is C15H20N2O2. The van der Waals surface area contributed by atoms with E-state index in [1.54, 1.807) is 7.11 Å². The minimum absolute atomic E-state index is 0.197. The molecule has 1 N–H and O–H groups in total. The van der Waals surface area contributed by atoms with Crippen LogP contribution < -0.4 is 15.0 Å². The van der Waals surface area contributed by atoms with Crippen molar-refractivity contribution in [1.82, 2.24) is 5.32 Å². The first kappa shape index (κ1) is 12.3. The van der Waals surface area contributed by atoms with E-state index in [1.165, 1.54) is 6.42 Å². The first-order chi connectivity index (χ1) is 9.26. The fourth-order valence-electron chi connectivity index (χ4n) is 3.32. The minimum atomic E-state index is -0.313. The lowest BCUT2D eigenvalue weighted by Crippen LogP contribution is -2.50. The van der Waals surface area contributed by atoms with Crippen LogP contribution in [0.2, 0.25) is 0 Å². The van der Waals surface area contributed by atoms with Gasteiger partial charge >= 0.3 is 0 Å². The topological polar surface area (TPSA) is 41.6 Å². The fourth-order valence-corrected chi connectivity index (χ4v) is 3.32. The minimum Gasteiger partial charge on any atom is -0.497 e. The number of carbonyl (C=O) groups is 1. The molecule has 3 rings (SSSR count). The molecule has 1 aliphatic carbocycles. The molecule has 1 heterocycles. The third-order valence-corrected chi connectivity index (χ3v) is 4.40. The van der Waals surface area contributed by atoms with Gasteiger partial charge in [-0.05, 0) is 37.1 Å². The van der Waals surface area contributed by atoms with Crippen molar-refractivity contribution in [3.8, 4) is 5.75 Å². The first-order valence-electron chi connectivity index (χ1n) is 6.96. The lowest BCUT2D eigenvalue weighted by atomic mass is 9.80. The van der Waals surface area contributed by atoms with Crippen LogP contribution in [0.5, 0.6) is 5.75 Å². The molecule has 4 nitrogen and oxygen atoms in total. The molecule has 0 bridgehead atoms. The lowest BCUT2D eigenvalue weighted by molar-refractivity contribution is -0.124. The van der Waals surface area contributed by atoms with E-state index in [0.717, 1.165) is 37.1 Å². The molecule has 1 saturated heterocycles. The zero-order chi connectivity index (χ0) is 13.3. The third kappa shape index (κ3) is 1.95. The van der Waals surface area contributed by atoms with Gasteiger partial charge in [0, 0.05) is 5.69 Å². The van der Waals surface area contributed by atoms with E-state index in [-0.39, 0.29) is 11.4 Å². The Bertz CT molecular complexity index is 464. The number of ether oxygens (including phenoxy) is 1. The van der Waals surface area contributed by atoms with Gasteiger partial charge in [0.1, 0.15) is 11.3 Å². The Morgan fingerprint density at radius 1 is 1.16 bits per heavy atom. The first-order valence-corrected chi connectivity index (χ1v) is 6.96. The number of methoxy groups -OCH3 is 1. The largest absolute Gasteiger partial charge is 0.497 e. The highest BCUT2D eigenvalue weighted by Gasteiger charge is 2.48. The summed E-state index contributed by atoms with van der Waals surface area (Å²) >= 11 is 0. The lowest BCUT2D eigenvalue weighted by Gasteiger charge is -2.39. The molecule has 0 aromatic heterocycles. The van der Waals surface area contributed by atoms with Crippen LogP contribution in [0.3, 0.4) is 0 Å². The number of benzene rings is 1. The SMILES string of the molecule is COc1ccc(N2CNC(=O)C23CCCCC3)cc1. The molecule has 1 saturated carbocycles. The maximum absolute atomic E-state index is 12.3. The van der Waals surface area contributed by atoms with E-state index >= 15 is 0 Å². The highest BCUT2D eigenvalue weighted by atomic mass is 16.5. The standard InChI is InChI=1S/C15H20N2O2/c1-19-13-7-5-12(6-8-13)17-11-16-14(18)15(17)9-3-2-4-10-15/h5-8H,2-4,9-11H2,1H3,(H,16,18). The maximum Gasteiger partial charge on any atom is 0.247 e. The average Bonchev–Trinajstić information content (AvgIpc) is 2.77. The molecule has 102 valence electrons. The zero-order valence-corrected chi connectivity index (χ0v) is 11.3. The number of hydrogen-bond donors (Lipinski definition) is 1. The summed E-state index contributed by atoms with van der Waals surface area (Å²) in [6.45, 7) is 0.616. The number of hydrogen-bond acceptors (Lipinski definition) is 3. The van der Waals surface area contributed by atoms with Gasteiger partial charge in [0.15, 0.2) is 0 Å². The summed E-state index contributed by atoms with van der Waals surface area (Å²) in [7, 11) is 1.67. The molecule has 1 amide bonds. The number of anilines is 1. The summed E-state index contributed by atoms with van der Waals surface area (Å²) in [5.41, 5.74) is 0.786. The predicted molar refractivity (Wildman–Crippen MR) is 74.3 cm³/mol. The van der Waals surface area contributed by atoms with Crippen LogP contribution in [0.15, 0.2) is 24.3 Å². The van der Waals surface area contributed by atoms with Gasteiger partial charge in [-0.2, -0.15) is 0 Å². The van der Waals surface area contributed by atoms with Gasteiger partial charge in [0.2, 0.25) is 5.91 Å². The highest BCUT2D eigenvalue weighted by molar-refractivity contribution is 5.93. The highest BCUT2D eigenvalue weighted by Crippen LogP contribution is 2.39. The Balaban J connectivity index is 1.91. The van der Waals surface area contributed by atoms with Crippen molar-refractivity contribution in [3.05, 3.63) is 24.3 Å². The van der Waals surface area contributed by atoms with Crippen LogP contribution in [-0.4, -0.2) is 25.2 Å². The molecule has 0 radical (unpaired) electrons. The summed E-state index contributed by atoms with van der Waals surface area (Å²) in [5.74, 6) is 1.04. The predicted octanol–water partition coefficient (Wildman–Crippen LogP) is 2.29. The van der Waals surface area contributed by atoms with Crippen molar-refractivity contribution in [2.24, 2.45) is 0 Å². The summed E-state index contributed by atoms with van der Waals surface area (Å²) in [4.78, 5) is 14.5. The molecule has 1 aliphatic heterocycles. The van der Waals surface area contributed by atoms with Gasteiger partial charge in [-0.3, -0.25) is 4.79 Å². The van der Waals surface area contributed by atoms with Crippen LogP contribution in [-0.2, 0) is 4.79 Å². The van der Waals surface area contributed by atoms with E-state index in [9.17, 15) is 4.79 Å². The number of nitrogens with one attached hydrogen (secondary N) is 1. The number of nitrogens with zero attached hydrogens (tertiary/aromatic N) is 1. The Labute approximate surface area is 113 Å². The normalized spacial score (nSPS) is 21.5. The van der Waals surface area contributed by atoms with Crippen LogP contribution in [0.4, 0.5) is 5.69 Å². The van der Waals surface area contributed by atoms with Gasteiger partial charge in [0.05, 0.1) is 13.8 Å². The van der Waals surface area contributed by atoms with Crippen molar-refractivity contribution in [3.63, 3.8) is 0 Å². The molecule has 1 spiro atoms. The number of amides is 1. The second-order valence-corrected chi connectivity index (χ2v) is 5.38. The Morgan fingerprint density at radius 2 is 1.84 bits per heavy atom. The van der Waals surface area contributed by atoms with Crippen LogP contribution >= 0.6 is 0 Å². The van der Waals surface area contributed by atoms with Crippen molar-refractivity contribution >= 4 is 11.6 Å². The van der Waals surface area contributed by atoms with Crippen LogP contribution in [0, 0.1) is 0 Å². The quantitative estimate of drug-likeness (QED) is 0.887. The Morgan fingerprint density at radius 3 is 2.47 bits per heavy atom. The molecule has 0 atom stereocenters. The van der Waals surface area contributed by atoms with Gasteiger partial charge in [-0.25, -0.2) is 0 Å².